The largest absolute Gasteiger partial charge is 0.320 e. The highest BCUT2D eigenvalue weighted by atomic mass is 35.5. The van der Waals surface area contributed by atoms with Crippen molar-refractivity contribution < 1.29 is 4.39 Å². The molecule has 2 aromatic rings. The fourth-order valence-electron chi connectivity index (χ4n) is 1.60. The van der Waals surface area contributed by atoms with Crippen LogP contribution >= 0.6 is 11.6 Å². The Kier molecular flexibility index (Phi) is 3.41. The standard InChI is InChI=1S/C13H12ClFN2/c1-8-2-3-9(7-17-8)13(16)11-5-4-10(14)6-12(11)15/h2-7,13H,16H2,1H3. The number of halogens is 2. The molecule has 0 saturated heterocycles. The molecule has 0 radical (unpaired) electrons. The maximum Gasteiger partial charge on any atom is 0.129 e. The van der Waals surface area contributed by atoms with E-state index in [0.717, 1.165) is 11.3 Å². The van der Waals surface area contributed by atoms with E-state index in [-0.39, 0.29) is 0 Å². The Morgan fingerprint density at radius 1 is 1.29 bits per heavy atom. The third-order valence-electron chi connectivity index (χ3n) is 2.59. The van der Waals surface area contributed by atoms with Crippen molar-refractivity contribution in [3.63, 3.8) is 0 Å². The van der Waals surface area contributed by atoms with Gasteiger partial charge in [-0.3, -0.25) is 4.98 Å². The Hall–Kier alpha value is -1.45. The molecule has 0 spiro atoms. The highest BCUT2D eigenvalue weighted by Crippen LogP contribution is 2.24. The zero-order valence-corrected chi connectivity index (χ0v) is 10.1. The van der Waals surface area contributed by atoms with Gasteiger partial charge >= 0.3 is 0 Å². The molecule has 1 unspecified atom stereocenters. The van der Waals surface area contributed by atoms with Crippen LogP contribution in [-0.2, 0) is 0 Å². The van der Waals surface area contributed by atoms with Crippen LogP contribution in [0.1, 0.15) is 22.9 Å². The monoisotopic (exact) mass is 250 g/mol. The van der Waals surface area contributed by atoms with Crippen molar-refractivity contribution in [3.05, 3.63) is 64.2 Å². The quantitative estimate of drug-likeness (QED) is 0.889. The topological polar surface area (TPSA) is 38.9 Å². The van der Waals surface area contributed by atoms with Gasteiger partial charge in [0.2, 0.25) is 0 Å². The predicted molar refractivity (Wildman–Crippen MR) is 66.4 cm³/mol. The van der Waals surface area contributed by atoms with E-state index in [2.05, 4.69) is 4.98 Å². The van der Waals surface area contributed by atoms with Gasteiger partial charge in [-0.15, -0.1) is 0 Å². The number of aryl methyl sites for hydroxylation is 1. The Morgan fingerprint density at radius 2 is 2.06 bits per heavy atom. The Morgan fingerprint density at radius 3 is 2.65 bits per heavy atom. The summed E-state index contributed by atoms with van der Waals surface area (Å²) in [6.07, 6.45) is 1.66. The molecule has 1 aromatic heterocycles. The van der Waals surface area contributed by atoms with Crippen LogP contribution in [-0.4, -0.2) is 4.98 Å². The van der Waals surface area contributed by atoms with Gasteiger partial charge in [0.05, 0.1) is 6.04 Å². The summed E-state index contributed by atoms with van der Waals surface area (Å²) < 4.78 is 13.7. The minimum atomic E-state index is -0.527. The highest BCUT2D eigenvalue weighted by Gasteiger charge is 2.13. The normalized spacial score (nSPS) is 12.5. The van der Waals surface area contributed by atoms with Gasteiger partial charge in [0, 0.05) is 22.5 Å². The van der Waals surface area contributed by atoms with Crippen molar-refractivity contribution in [1.29, 1.82) is 0 Å². The molecule has 0 saturated carbocycles. The maximum atomic E-state index is 13.7. The lowest BCUT2D eigenvalue weighted by molar-refractivity contribution is 0.599. The lowest BCUT2D eigenvalue weighted by Crippen LogP contribution is -2.13. The first-order chi connectivity index (χ1) is 8.08. The van der Waals surface area contributed by atoms with Gasteiger partial charge in [0.15, 0.2) is 0 Å². The molecular weight excluding hydrogens is 239 g/mol. The molecular formula is C13H12ClFN2. The number of hydrogen-bond acceptors (Lipinski definition) is 2. The molecule has 0 bridgehead atoms. The van der Waals surface area contributed by atoms with Gasteiger partial charge in [0.1, 0.15) is 5.82 Å². The average molecular weight is 251 g/mol. The van der Waals surface area contributed by atoms with Gasteiger partial charge in [-0.2, -0.15) is 0 Å². The van der Waals surface area contributed by atoms with E-state index in [1.807, 2.05) is 19.1 Å². The summed E-state index contributed by atoms with van der Waals surface area (Å²) >= 11 is 5.70. The molecule has 0 fully saturated rings. The van der Waals surface area contributed by atoms with E-state index < -0.39 is 11.9 Å². The maximum absolute atomic E-state index is 13.7. The average Bonchev–Trinajstić information content (AvgIpc) is 2.29. The molecule has 1 heterocycles. The molecule has 2 N–H and O–H groups in total. The summed E-state index contributed by atoms with van der Waals surface area (Å²) in [6, 6.07) is 7.66. The van der Waals surface area contributed by atoms with Crippen LogP contribution in [0.15, 0.2) is 36.5 Å². The molecule has 0 amide bonds. The second-order valence-electron chi connectivity index (χ2n) is 3.88. The smallest absolute Gasteiger partial charge is 0.129 e. The van der Waals surface area contributed by atoms with Crippen molar-refractivity contribution in [3.8, 4) is 0 Å². The molecule has 0 aliphatic carbocycles. The van der Waals surface area contributed by atoms with Gasteiger partial charge in [-0.05, 0) is 30.7 Å². The first-order valence-electron chi connectivity index (χ1n) is 5.21. The molecule has 0 aliphatic heterocycles. The van der Waals surface area contributed by atoms with Crippen molar-refractivity contribution in [1.82, 2.24) is 4.98 Å². The Labute approximate surface area is 104 Å². The second kappa shape index (κ2) is 4.82. The van der Waals surface area contributed by atoms with Crippen LogP contribution in [0.4, 0.5) is 4.39 Å². The molecule has 88 valence electrons. The van der Waals surface area contributed by atoms with Gasteiger partial charge in [-0.1, -0.05) is 23.7 Å². The number of rotatable bonds is 2. The van der Waals surface area contributed by atoms with Crippen molar-refractivity contribution in [2.24, 2.45) is 5.73 Å². The number of nitrogens with two attached hydrogens (primary N) is 1. The lowest BCUT2D eigenvalue weighted by Gasteiger charge is -2.13. The number of benzene rings is 1. The Bertz CT molecular complexity index is 525. The zero-order valence-electron chi connectivity index (χ0n) is 9.32. The molecule has 1 atom stereocenters. The summed E-state index contributed by atoms with van der Waals surface area (Å²) in [7, 11) is 0. The predicted octanol–water partition coefficient (Wildman–Crippen LogP) is 3.23. The van der Waals surface area contributed by atoms with Crippen molar-refractivity contribution >= 4 is 11.6 Å². The summed E-state index contributed by atoms with van der Waals surface area (Å²) in [4.78, 5) is 4.14. The Balaban J connectivity index is 2.36. The first-order valence-corrected chi connectivity index (χ1v) is 5.59. The van der Waals surface area contributed by atoms with E-state index in [1.165, 1.54) is 6.07 Å². The number of nitrogens with zero attached hydrogens (tertiary/aromatic N) is 1. The summed E-state index contributed by atoms with van der Waals surface area (Å²) in [6.45, 7) is 1.89. The van der Waals surface area contributed by atoms with E-state index in [1.54, 1.807) is 18.3 Å². The van der Waals surface area contributed by atoms with Crippen LogP contribution < -0.4 is 5.73 Å². The van der Waals surface area contributed by atoms with E-state index >= 15 is 0 Å². The van der Waals surface area contributed by atoms with Crippen LogP contribution in [0.2, 0.25) is 5.02 Å². The summed E-state index contributed by atoms with van der Waals surface area (Å²) in [5, 5.41) is 0.362. The zero-order chi connectivity index (χ0) is 12.4. The molecule has 0 aliphatic rings. The van der Waals surface area contributed by atoms with E-state index in [4.69, 9.17) is 17.3 Å². The van der Waals surface area contributed by atoms with Crippen LogP contribution in [0.3, 0.4) is 0 Å². The van der Waals surface area contributed by atoms with Crippen molar-refractivity contribution in [2.45, 2.75) is 13.0 Å². The van der Waals surface area contributed by atoms with E-state index in [9.17, 15) is 4.39 Å². The van der Waals surface area contributed by atoms with Gasteiger partial charge in [0.25, 0.3) is 0 Å². The summed E-state index contributed by atoms with van der Waals surface area (Å²) in [5.74, 6) is -0.398. The van der Waals surface area contributed by atoms with Crippen LogP contribution in [0.5, 0.6) is 0 Å². The van der Waals surface area contributed by atoms with Crippen LogP contribution in [0.25, 0.3) is 0 Å². The molecule has 2 nitrogen and oxygen atoms in total. The lowest BCUT2D eigenvalue weighted by atomic mass is 10.0. The highest BCUT2D eigenvalue weighted by molar-refractivity contribution is 6.30. The summed E-state index contributed by atoms with van der Waals surface area (Å²) in [5.41, 5.74) is 8.09. The fourth-order valence-corrected chi connectivity index (χ4v) is 1.76. The number of hydrogen-bond donors (Lipinski definition) is 1. The van der Waals surface area contributed by atoms with Gasteiger partial charge in [-0.25, -0.2) is 4.39 Å². The third-order valence-corrected chi connectivity index (χ3v) is 2.83. The second-order valence-corrected chi connectivity index (χ2v) is 4.31. The third kappa shape index (κ3) is 2.62. The minimum Gasteiger partial charge on any atom is -0.320 e. The van der Waals surface area contributed by atoms with Crippen LogP contribution in [0, 0.1) is 12.7 Å². The van der Waals surface area contributed by atoms with Gasteiger partial charge < -0.3 is 5.73 Å². The molecule has 2 rings (SSSR count). The molecule has 1 aromatic carbocycles. The molecule has 4 heteroatoms. The minimum absolute atomic E-state index is 0.362. The molecule has 17 heavy (non-hydrogen) atoms. The number of pyridine rings is 1. The fraction of sp³-hybridized carbons (Fsp3) is 0.154. The SMILES string of the molecule is Cc1ccc(C(N)c2ccc(Cl)cc2F)cn1. The number of aromatic nitrogens is 1. The van der Waals surface area contributed by atoms with E-state index in [0.29, 0.717) is 10.6 Å². The van der Waals surface area contributed by atoms with Crippen molar-refractivity contribution in [2.75, 3.05) is 0 Å². The first kappa shape index (κ1) is 12.0.